The van der Waals surface area contributed by atoms with Crippen LogP contribution in [0.1, 0.15) is 25.7 Å². The van der Waals surface area contributed by atoms with Crippen LogP contribution in [-0.4, -0.2) is 41.5 Å². The van der Waals surface area contributed by atoms with Gasteiger partial charge in [0, 0.05) is 5.41 Å². The predicted molar refractivity (Wildman–Crippen MR) is 60.3 cm³/mol. The Hall–Kier alpha value is -0.800. The van der Waals surface area contributed by atoms with E-state index in [-0.39, 0.29) is 12.5 Å². The average molecular weight is 312 g/mol. The molecule has 3 aliphatic rings. The highest BCUT2D eigenvalue weighted by atomic mass is 32.2. The van der Waals surface area contributed by atoms with Crippen molar-refractivity contribution in [3.05, 3.63) is 0 Å². The normalized spacial score (nSPS) is 42.4. The first kappa shape index (κ1) is 14.2. The monoisotopic (exact) mass is 312 g/mol. The van der Waals surface area contributed by atoms with E-state index in [0.717, 1.165) is 0 Å². The minimum absolute atomic E-state index is 0.128. The molecule has 0 saturated heterocycles. The fraction of sp³-hybridized carbons (Fsp3) is 0.909. The first-order valence-electron chi connectivity index (χ1n) is 6.24. The third-order valence-electron chi connectivity index (χ3n) is 4.98. The average Bonchev–Trinajstić information content (AvgIpc) is 2.71. The molecule has 2 bridgehead atoms. The van der Waals surface area contributed by atoms with Crippen molar-refractivity contribution in [2.45, 2.75) is 36.5 Å². The second-order valence-electron chi connectivity index (χ2n) is 6.33. The number of esters is 1. The maximum atomic E-state index is 13.0. The third kappa shape index (κ3) is 1.72. The number of hydrogen-bond donors (Lipinski definition) is 2. The van der Waals surface area contributed by atoms with Crippen LogP contribution in [-0.2, 0) is 19.6 Å². The zero-order valence-corrected chi connectivity index (χ0v) is 11.2. The van der Waals surface area contributed by atoms with Crippen molar-refractivity contribution >= 4 is 16.1 Å². The topological polar surface area (TPSA) is 101 Å². The van der Waals surface area contributed by atoms with Crippen LogP contribution in [0, 0.1) is 17.3 Å². The lowest BCUT2D eigenvalue weighted by Crippen LogP contribution is -2.53. The summed E-state index contributed by atoms with van der Waals surface area (Å²) in [6.07, 6.45) is 2.35. The van der Waals surface area contributed by atoms with E-state index in [1.165, 1.54) is 0 Å². The predicted octanol–water partition coefficient (Wildman–Crippen LogP) is 0.561. The second-order valence-corrected chi connectivity index (χ2v) is 7.79. The van der Waals surface area contributed by atoms with Gasteiger partial charge < -0.3 is 9.84 Å². The lowest BCUT2D eigenvalue weighted by Gasteiger charge is -2.51. The molecule has 114 valence electrons. The van der Waals surface area contributed by atoms with Crippen LogP contribution in [0.3, 0.4) is 0 Å². The Morgan fingerprint density at radius 2 is 2.00 bits per heavy atom. The zero-order chi connectivity index (χ0) is 15.0. The first-order valence-corrected chi connectivity index (χ1v) is 7.68. The van der Waals surface area contributed by atoms with Gasteiger partial charge >= 0.3 is 21.3 Å². The molecule has 0 aromatic carbocycles. The molecular weight excluding hydrogens is 298 g/mol. The summed E-state index contributed by atoms with van der Waals surface area (Å²) >= 11 is 0. The molecule has 3 aliphatic carbocycles. The summed E-state index contributed by atoms with van der Waals surface area (Å²) in [6.45, 7) is -0.355. The lowest BCUT2D eigenvalue weighted by molar-refractivity contribution is -0.172. The molecule has 3 rings (SSSR count). The summed E-state index contributed by atoms with van der Waals surface area (Å²) in [5.74, 6) is -1.82. The van der Waals surface area contributed by atoms with Crippen molar-refractivity contribution < 1.29 is 36.4 Å². The fourth-order valence-electron chi connectivity index (χ4n) is 4.28. The molecule has 3 saturated carbocycles. The number of rotatable bonds is 4. The molecular formula is C11H14F2O6S. The van der Waals surface area contributed by atoms with Crippen molar-refractivity contribution in [3.8, 4) is 0 Å². The molecule has 0 heterocycles. The summed E-state index contributed by atoms with van der Waals surface area (Å²) in [4.78, 5) is 11.1. The lowest BCUT2D eigenvalue weighted by atomic mass is 9.58. The minimum Gasteiger partial charge on any atom is -0.460 e. The molecule has 0 aromatic rings. The highest BCUT2D eigenvalue weighted by Crippen LogP contribution is 2.71. The fourth-order valence-corrected chi connectivity index (χ4v) is 4.55. The van der Waals surface area contributed by atoms with E-state index >= 15 is 0 Å². The van der Waals surface area contributed by atoms with Gasteiger partial charge in [-0.05, 0) is 37.5 Å². The van der Waals surface area contributed by atoms with Crippen LogP contribution < -0.4 is 0 Å². The van der Waals surface area contributed by atoms with Gasteiger partial charge in [0.05, 0.1) is 12.2 Å². The number of alkyl halides is 2. The highest BCUT2D eigenvalue weighted by Gasteiger charge is 2.70. The Bertz CT molecular complexity index is 575. The summed E-state index contributed by atoms with van der Waals surface area (Å²) in [5, 5.41) is 5.19. The highest BCUT2D eigenvalue weighted by molar-refractivity contribution is 7.87. The van der Waals surface area contributed by atoms with E-state index in [0.29, 0.717) is 31.6 Å². The van der Waals surface area contributed by atoms with Crippen molar-refractivity contribution in [2.24, 2.45) is 17.3 Å². The minimum atomic E-state index is -5.83. The summed E-state index contributed by atoms with van der Waals surface area (Å²) in [5.41, 5.74) is -1.31. The maximum absolute atomic E-state index is 13.0. The molecule has 6 nitrogen and oxygen atoms in total. The maximum Gasteiger partial charge on any atom is 0.465 e. The largest absolute Gasteiger partial charge is 0.465 e. The van der Waals surface area contributed by atoms with Crippen LogP contribution >= 0.6 is 0 Å². The van der Waals surface area contributed by atoms with E-state index in [2.05, 4.69) is 4.74 Å². The molecule has 0 aromatic heterocycles. The number of hydrogen-bond acceptors (Lipinski definition) is 5. The summed E-state index contributed by atoms with van der Waals surface area (Å²) in [7, 11) is -5.83. The smallest absolute Gasteiger partial charge is 0.460 e. The summed E-state index contributed by atoms with van der Waals surface area (Å²) < 4.78 is 59.6. The van der Waals surface area contributed by atoms with Gasteiger partial charge in [-0.1, -0.05) is 0 Å². The molecule has 0 aliphatic heterocycles. The molecule has 0 radical (unpaired) electrons. The Kier molecular flexibility index (Phi) is 2.61. The number of carbonyl (C=O) groups is 1. The van der Waals surface area contributed by atoms with E-state index in [1.807, 2.05) is 0 Å². The van der Waals surface area contributed by atoms with E-state index in [9.17, 15) is 27.1 Å². The van der Waals surface area contributed by atoms with Crippen molar-refractivity contribution in [3.63, 3.8) is 0 Å². The molecule has 0 spiro atoms. The van der Waals surface area contributed by atoms with Crippen molar-refractivity contribution in [1.82, 2.24) is 0 Å². The summed E-state index contributed by atoms with van der Waals surface area (Å²) in [6, 6.07) is 0. The van der Waals surface area contributed by atoms with Gasteiger partial charge in [0.1, 0.15) is 0 Å². The van der Waals surface area contributed by atoms with Gasteiger partial charge in [-0.2, -0.15) is 17.2 Å². The molecule has 9 heteroatoms. The second kappa shape index (κ2) is 3.69. The third-order valence-corrected chi connectivity index (χ3v) is 5.79. The quantitative estimate of drug-likeness (QED) is 0.581. The molecule has 3 fully saturated rings. The van der Waals surface area contributed by atoms with Crippen LogP contribution in [0.25, 0.3) is 0 Å². The Morgan fingerprint density at radius 3 is 2.45 bits per heavy atom. The van der Waals surface area contributed by atoms with E-state index < -0.39 is 32.4 Å². The Labute approximate surface area is 113 Å². The molecule has 4 atom stereocenters. The van der Waals surface area contributed by atoms with E-state index in [1.54, 1.807) is 0 Å². The van der Waals surface area contributed by atoms with Gasteiger partial charge in [-0.3, -0.25) is 4.55 Å². The van der Waals surface area contributed by atoms with E-state index in [4.69, 9.17) is 4.55 Å². The first-order chi connectivity index (χ1) is 8.99. The number of ether oxygens (including phenoxy) is 1. The van der Waals surface area contributed by atoms with Crippen LogP contribution in [0.5, 0.6) is 0 Å². The van der Waals surface area contributed by atoms with Crippen LogP contribution in [0.2, 0.25) is 0 Å². The molecule has 4 unspecified atom stereocenters. The zero-order valence-electron chi connectivity index (χ0n) is 10.4. The van der Waals surface area contributed by atoms with Gasteiger partial charge in [-0.25, -0.2) is 4.79 Å². The Balaban J connectivity index is 1.66. The molecule has 2 N–H and O–H groups in total. The SMILES string of the molecule is O=C(OCC12CC3CC(O)(C1)C3C2)C(F)(F)S(=O)(=O)O. The Morgan fingerprint density at radius 1 is 1.35 bits per heavy atom. The van der Waals surface area contributed by atoms with Crippen molar-refractivity contribution in [1.29, 1.82) is 0 Å². The number of aliphatic hydroxyl groups is 1. The van der Waals surface area contributed by atoms with Crippen LogP contribution in [0.4, 0.5) is 8.78 Å². The van der Waals surface area contributed by atoms with Crippen molar-refractivity contribution in [2.75, 3.05) is 6.61 Å². The van der Waals surface area contributed by atoms with Gasteiger partial charge in [0.25, 0.3) is 0 Å². The number of halogens is 2. The molecule has 0 amide bonds. The van der Waals surface area contributed by atoms with Gasteiger partial charge in [0.15, 0.2) is 0 Å². The van der Waals surface area contributed by atoms with Crippen LogP contribution in [0.15, 0.2) is 0 Å². The van der Waals surface area contributed by atoms with Gasteiger partial charge in [0.2, 0.25) is 0 Å². The standard InChI is InChI=1S/C11H14F2O6S/c12-11(13,20(16,17)18)8(14)19-5-9-1-6-2-10(15,4-9)7(6)3-9/h6-7,15H,1-5H2,(H,16,17,18). The molecule has 20 heavy (non-hydrogen) atoms. The number of carbonyl (C=O) groups excluding carboxylic acids is 1. The van der Waals surface area contributed by atoms with Gasteiger partial charge in [-0.15, -0.1) is 0 Å². The number of fused-ring (bicyclic) bond motifs is 1.